The number of nitrogens with zero attached hydrogens (tertiary/aromatic N) is 3. The lowest BCUT2D eigenvalue weighted by molar-refractivity contribution is 0.0702. The molecule has 0 radical (unpaired) electrons. The van der Waals surface area contributed by atoms with Crippen LogP contribution < -0.4 is 10.5 Å². The molecule has 0 atom stereocenters. The molecule has 3 rings (SSSR count). The molecule has 0 fully saturated rings. The van der Waals surface area contributed by atoms with Crippen molar-refractivity contribution in [3.63, 3.8) is 0 Å². The largest absolute Gasteiger partial charge is 0.491 e. The first-order valence-corrected chi connectivity index (χ1v) is 10.6. The molecule has 0 saturated heterocycles. The van der Waals surface area contributed by atoms with Crippen LogP contribution in [0.4, 0.5) is 5.95 Å². The predicted molar refractivity (Wildman–Crippen MR) is 118 cm³/mol. The van der Waals surface area contributed by atoms with E-state index in [-0.39, 0.29) is 10.8 Å². The van der Waals surface area contributed by atoms with Gasteiger partial charge in [0.25, 0.3) is 0 Å². The van der Waals surface area contributed by atoms with Crippen molar-refractivity contribution in [3.05, 3.63) is 33.1 Å². The third-order valence-corrected chi connectivity index (χ3v) is 6.08. The maximum atomic E-state index is 11.4. The van der Waals surface area contributed by atoms with Crippen LogP contribution in [0.5, 0.6) is 5.75 Å². The van der Waals surface area contributed by atoms with Crippen LogP contribution in [0.2, 0.25) is 10.0 Å². The third kappa shape index (κ3) is 4.72. The number of fused-ring (bicyclic) bond motifs is 1. The molecule has 0 spiro atoms. The number of aromatic carboxylic acids is 1. The van der Waals surface area contributed by atoms with Crippen molar-refractivity contribution in [3.8, 4) is 17.0 Å². The van der Waals surface area contributed by atoms with Crippen molar-refractivity contribution in [2.24, 2.45) is 0 Å². The molecule has 0 amide bonds. The average Bonchev–Trinajstić information content (AvgIpc) is 3.10. The summed E-state index contributed by atoms with van der Waals surface area (Å²) in [6.45, 7) is 7.27. The van der Waals surface area contributed by atoms with Crippen LogP contribution >= 0.6 is 34.5 Å². The number of rotatable bonds is 8. The van der Waals surface area contributed by atoms with E-state index in [1.807, 2.05) is 0 Å². The van der Waals surface area contributed by atoms with Gasteiger partial charge in [-0.1, -0.05) is 37.0 Å². The number of aromatic nitrogens is 2. The third-order valence-electron chi connectivity index (χ3n) is 4.46. The molecule has 3 N–H and O–H groups in total. The number of carbonyl (C=O) groups is 1. The summed E-state index contributed by atoms with van der Waals surface area (Å²) in [7, 11) is 0. The average molecular weight is 455 g/mol. The highest BCUT2D eigenvalue weighted by Gasteiger charge is 2.19. The van der Waals surface area contributed by atoms with Gasteiger partial charge in [-0.2, -0.15) is 0 Å². The Kier molecular flexibility index (Phi) is 6.79. The van der Waals surface area contributed by atoms with Crippen molar-refractivity contribution in [1.82, 2.24) is 14.9 Å². The van der Waals surface area contributed by atoms with Crippen molar-refractivity contribution in [1.29, 1.82) is 0 Å². The van der Waals surface area contributed by atoms with Crippen molar-refractivity contribution >= 4 is 56.7 Å². The van der Waals surface area contributed by atoms with E-state index in [2.05, 4.69) is 28.7 Å². The zero-order valence-corrected chi connectivity index (χ0v) is 18.2. The molecule has 1 aromatic carbocycles. The molecule has 0 aliphatic carbocycles. The number of nitrogens with two attached hydrogens (primary N) is 1. The molecule has 10 heteroatoms. The number of benzene rings is 1. The molecule has 0 aliphatic rings. The molecule has 154 valence electrons. The molecule has 0 saturated carbocycles. The maximum Gasteiger partial charge on any atom is 0.345 e. The second-order valence-electron chi connectivity index (χ2n) is 6.20. The molecule has 3 aromatic rings. The fraction of sp³-hybridized carbons (Fsp3) is 0.316. The predicted octanol–water partition coefficient (Wildman–Crippen LogP) is 4.67. The van der Waals surface area contributed by atoms with Gasteiger partial charge in [0.1, 0.15) is 22.1 Å². The zero-order chi connectivity index (χ0) is 21.1. The minimum atomic E-state index is -1.04. The Morgan fingerprint density at radius 1 is 1.21 bits per heavy atom. The number of hydrogen-bond donors (Lipinski definition) is 2. The first-order valence-electron chi connectivity index (χ1n) is 8.98. The van der Waals surface area contributed by atoms with Gasteiger partial charge in [0.15, 0.2) is 0 Å². The van der Waals surface area contributed by atoms with Crippen molar-refractivity contribution in [2.45, 2.75) is 13.8 Å². The number of anilines is 1. The van der Waals surface area contributed by atoms with Gasteiger partial charge in [0.05, 0.1) is 15.7 Å². The number of thiophene rings is 1. The standard InChI is InChI=1S/C19H20Cl2N4O3S/c1-3-25(4-2)5-6-28-14-7-10(12(20)9-13(14)21)16-11-8-15(18(26)27)29-17(11)24-19(22)23-16/h7-9H,3-6H2,1-2H3,(H,26,27)(H2,22,23,24). The van der Waals surface area contributed by atoms with Gasteiger partial charge in [-0.3, -0.25) is 0 Å². The number of carboxylic acids is 1. The van der Waals surface area contributed by atoms with Crippen molar-refractivity contribution < 1.29 is 14.6 Å². The lowest BCUT2D eigenvalue weighted by Gasteiger charge is -2.19. The maximum absolute atomic E-state index is 11.4. The minimum absolute atomic E-state index is 0.0290. The molecular weight excluding hydrogens is 435 g/mol. The van der Waals surface area contributed by atoms with Gasteiger partial charge in [0, 0.05) is 17.5 Å². The molecule has 29 heavy (non-hydrogen) atoms. The Morgan fingerprint density at radius 2 is 1.93 bits per heavy atom. The molecule has 2 aromatic heterocycles. The SMILES string of the molecule is CCN(CC)CCOc1cc(-c2nc(N)nc3sc(C(=O)O)cc23)c(Cl)cc1Cl. The summed E-state index contributed by atoms with van der Waals surface area (Å²) in [6, 6.07) is 4.80. The second-order valence-corrected chi connectivity index (χ2v) is 8.05. The van der Waals surface area contributed by atoms with E-state index in [0.29, 0.717) is 43.9 Å². The van der Waals surface area contributed by atoms with Crippen LogP contribution in [-0.2, 0) is 0 Å². The van der Waals surface area contributed by atoms with E-state index in [1.165, 1.54) is 6.07 Å². The summed E-state index contributed by atoms with van der Waals surface area (Å²) in [5.41, 5.74) is 6.82. The number of likely N-dealkylation sites (N-methyl/N-ethyl adjacent to an activating group) is 1. The first-order chi connectivity index (χ1) is 13.8. The Morgan fingerprint density at radius 3 is 2.59 bits per heavy atom. The Hall–Kier alpha value is -2.13. The Labute approximate surface area is 182 Å². The van der Waals surface area contributed by atoms with E-state index in [9.17, 15) is 9.90 Å². The summed E-state index contributed by atoms with van der Waals surface area (Å²) < 4.78 is 5.88. The number of nitrogen functional groups attached to an aromatic ring is 1. The highest BCUT2D eigenvalue weighted by atomic mass is 35.5. The lowest BCUT2D eigenvalue weighted by Crippen LogP contribution is -2.27. The summed E-state index contributed by atoms with van der Waals surface area (Å²) in [5, 5.41) is 10.6. The molecule has 2 heterocycles. The molecule has 0 bridgehead atoms. The molecule has 0 aliphatic heterocycles. The van der Waals surface area contributed by atoms with E-state index in [0.717, 1.165) is 31.0 Å². The minimum Gasteiger partial charge on any atom is -0.491 e. The lowest BCUT2D eigenvalue weighted by atomic mass is 10.1. The summed E-state index contributed by atoms with van der Waals surface area (Å²) >= 11 is 13.8. The Bertz CT molecular complexity index is 1050. The summed E-state index contributed by atoms with van der Waals surface area (Å²) in [4.78, 5) is 22.6. The zero-order valence-electron chi connectivity index (χ0n) is 15.9. The van der Waals surface area contributed by atoms with Crippen LogP contribution in [-0.4, -0.2) is 52.2 Å². The van der Waals surface area contributed by atoms with Gasteiger partial charge in [-0.05, 0) is 31.3 Å². The highest BCUT2D eigenvalue weighted by molar-refractivity contribution is 7.20. The second kappa shape index (κ2) is 9.13. The normalized spacial score (nSPS) is 11.3. The van der Waals surface area contributed by atoms with Gasteiger partial charge in [0.2, 0.25) is 5.95 Å². The fourth-order valence-electron chi connectivity index (χ4n) is 2.89. The van der Waals surface area contributed by atoms with Gasteiger partial charge >= 0.3 is 5.97 Å². The van der Waals surface area contributed by atoms with Gasteiger partial charge in [-0.15, -0.1) is 11.3 Å². The van der Waals surface area contributed by atoms with Crippen molar-refractivity contribution in [2.75, 3.05) is 32.0 Å². The molecular formula is C19H20Cl2N4O3S. The molecule has 0 unspecified atom stereocenters. The van der Waals surface area contributed by atoms with Crippen LogP contribution in [0.3, 0.4) is 0 Å². The number of hydrogen-bond acceptors (Lipinski definition) is 7. The van der Waals surface area contributed by atoms with E-state index in [4.69, 9.17) is 33.7 Å². The van der Waals surface area contributed by atoms with E-state index < -0.39 is 5.97 Å². The smallest absolute Gasteiger partial charge is 0.345 e. The fourth-order valence-corrected chi connectivity index (χ4v) is 4.30. The van der Waals surface area contributed by atoms with Crippen LogP contribution in [0, 0.1) is 0 Å². The number of carboxylic acid groups (broad SMARTS) is 1. The van der Waals surface area contributed by atoms with Crippen LogP contribution in [0.1, 0.15) is 23.5 Å². The van der Waals surface area contributed by atoms with Crippen LogP contribution in [0.25, 0.3) is 21.5 Å². The topological polar surface area (TPSA) is 102 Å². The van der Waals surface area contributed by atoms with Crippen LogP contribution in [0.15, 0.2) is 18.2 Å². The van der Waals surface area contributed by atoms with E-state index >= 15 is 0 Å². The Balaban J connectivity index is 2.01. The summed E-state index contributed by atoms with van der Waals surface area (Å²) in [5.74, 6) is -0.543. The van der Waals surface area contributed by atoms with Gasteiger partial charge in [-0.25, -0.2) is 14.8 Å². The highest BCUT2D eigenvalue weighted by Crippen LogP contribution is 2.40. The summed E-state index contributed by atoms with van der Waals surface area (Å²) in [6.07, 6.45) is 0. The first kappa shape index (κ1) is 21.6. The number of ether oxygens (including phenoxy) is 1. The monoisotopic (exact) mass is 454 g/mol. The molecule has 7 nitrogen and oxygen atoms in total. The number of halogens is 2. The quantitative estimate of drug-likeness (QED) is 0.509. The van der Waals surface area contributed by atoms with E-state index in [1.54, 1.807) is 12.1 Å². The van der Waals surface area contributed by atoms with Gasteiger partial charge < -0.3 is 20.5 Å².